The molecule has 4 rings (SSSR count). The van der Waals surface area contributed by atoms with Crippen molar-refractivity contribution in [3.63, 3.8) is 0 Å². The number of likely N-dealkylation sites (tertiary alicyclic amines) is 1. The fraction of sp³-hybridized carbons (Fsp3) is 0.238. The summed E-state index contributed by atoms with van der Waals surface area (Å²) in [5.41, 5.74) is 1.42. The Bertz CT molecular complexity index is 903. The third-order valence-corrected chi connectivity index (χ3v) is 5.56. The predicted octanol–water partition coefficient (Wildman–Crippen LogP) is 4.47. The smallest absolute Gasteiger partial charge is 0.286 e. The molecule has 0 bridgehead atoms. The summed E-state index contributed by atoms with van der Waals surface area (Å²) in [5, 5.41) is 0.814. The minimum absolute atomic E-state index is 0.175. The number of benzene rings is 2. The van der Waals surface area contributed by atoms with E-state index in [9.17, 15) is 9.18 Å². The van der Waals surface area contributed by atoms with Crippen LogP contribution in [0.1, 0.15) is 24.0 Å². The molecule has 1 amide bonds. The number of aliphatic imine (C=N–C) groups is 1. The highest BCUT2D eigenvalue weighted by Crippen LogP contribution is 2.31. The van der Waals surface area contributed by atoms with Crippen molar-refractivity contribution in [2.75, 3.05) is 13.1 Å². The Morgan fingerprint density at radius 2 is 1.85 bits per heavy atom. The number of carbonyl (C=O) groups is 1. The van der Waals surface area contributed by atoms with Crippen molar-refractivity contribution in [3.8, 4) is 5.75 Å². The van der Waals surface area contributed by atoms with Crippen LogP contribution in [0.3, 0.4) is 0 Å². The van der Waals surface area contributed by atoms with Gasteiger partial charge < -0.3 is 9.64 Å². The van der Waals surface area contributed by atoms with Gasteiger partial charge in [0.2, 0.25) is 0 Å². The zero-order valence-electron chi connectivity index (χ0n) is 14.7. The number of amidine groups is 1. The lowest BCUT2D eigenvalue weighted by Crippen LogP contribution is -2.23. The first-order chi connectivity index (χ1) is 13.2. The number of hydrogen-bond donors (Lipinski definition) is 0. The quantitative estimate of drug-likeness (QED) is 0.732. The lowest BCUT2D eigenvalue weighted by atomic mass is 10.2. The molecule has 2 aromatic rings. The summed E-state index contributed by atoms with van der Waals surface area (Å²) < 4.78 is 19.3. The van der Waals surface area contributed by atoms with Gasteiger partial charge in [-0.05, 0) is 54.4 Å². The molecule has 0 spiro atoms. The van der Waals surface area contributed by atoms with Crippen molar-refractivity contribution >= 4 is 28.9 Å². The molecule has 138 valence electrons. The van der Waals surface area contributed by atoms with Gasteiger partial charge in [0, 0.05) is 18.7 Å². The summed E-state index contributed by atoms with van der Waals surface area (Å²) in [6.07, 6.45) is 4.16. The first-order valence-electron chi connectivity index (χ1n) is 8.93. The normalized spacial score (nSPS) is 18.3. The Morgan fingerprint density at radius 3 is 2.59 bits per heavy atom. The molecule has 2 aliphatic rings. The largest absolute Gasteiger partial charge is 0.489 e. The van der Waals surface area contributed by atoms with E-state index in [2.05, 4.69) is 9.89 Å². The fourth-order valence-electron chi connectivity index (χ4n) is 3.03. The Morgan fingerprint density at radius 1 is 1.11 bits per heavy atom. The van der Waals surface area contributed by atoms with Gasteiger partial charge in [-0.15, -0.1) is 0 Å². The van der Waals surface area contributed by atoms with Crippen molar-refractivity contribution < 1.29 is 13.9 Å². The minimum atomic E-state index is -0.274. The molecule has 1 fully saturated rings. The van der Waals surface area contributed by atoms with Crippen LogP contribution in [-0.4, -0.2) is 29.1 Å². The van der Waals surface area contributed by atoms with Crippen molar-refractivity contribution in [1.29, 1.82) is 0 Å². The van der Waals surface area contributed by atoms with Crippen LogP contribution in [0.25, 0.3) is 6.08 Å². The van der Waals surface area contributed by atoms with Gasteiger partial charge in [-0.3, -0.25) is 4.79 Å². The Labute approximate surface area is 161 Å². The van der Waals surface area contributed by atoms with E-state index < -0.39 is 0 Å². The standard InChI is InChI=1S/C21H19FN2O2S/c22-18-6-2-1-5-16(18)14-26-17-9-7-15(8-10-17)13-19-20(25)23-21(27-19)24-11-3-4-12-24/h1-2,5-10,13H,3-4,11-12,14H2/b19-13-. The highest BCUT2D eigenvalue weighted by atomic mass is 32.2. The highest BCUT2D eigenvalue weighted by molar-refractivity contribution is 8.18. The first-order valence-corrected chi connectivity index (χ1v) is 9.74. The molecule has 0 saturated carbocycles. The van der Waals surface area contributed by atoms with Crippen molar-refractivity contribution in [3.05, 3.63) is 70.4 Å². The van der Waals surface area contributed by atoms with E-state index in [-0.39, 0.29) is 18.3 Å². The molecule has 2 aliphatic heterocycles. The summed E-state index contributed by atoms with van der Waals surface area (Å²) in [6, 6.07) is 14.0. The van der Waals surface area contributed by atoms with Crippen LogP contribution in [0, 0.1) is 5.82 Å². The molecule has 0 radical (unpaired) electrons. The zero-order chi connectivity index (χ0) is 18.6. The maximum atomic E-state index is 13.6. The number of amides is 1. The number of carbonyl (C=O) groups excluding carboxylic acids is 1. The molecule has 1 saturated heterocycles. The molecule has 6 heteroatoms. The average Bonchev–Trinajstić information content (AvgIpc) is 3.33. The van der Waals surface area contributed by atoms with Gasteiger partial charge in [0.25, 0.3) is 5.91 Å². The Kier molecular flexibility index (Phi) is 5.25. The molecule has 0 unspecified atom stereocenters. The van der Waals surface area contributed by atoms with E-state index in [0.717, 1.165) is 36.7 Å². The third-order valence-electron chi connectivity index (χ3n) is 4.52. The number of ether oxygens (including phenoxy) is 1. The molecule has 0 atom stereocenters. The van der Waals surface area contributed by atoms with Crippen LogP contribution < -0.4 is 4.74 Å². The summed E-state index contributed by atoms with van der Waals surface area (Å²) in [5.74, 6) is 0.200. The van der Waals surface area contributed by atoms with Crippen LogP contribution in [-0.2, 0) is 11.4 Å². The minimum Gasteiger partial charge on any atom is -0.489 e. The van der Waals surface area contributed by atoms with E-state index in [1.54, 1.807) is 18.2 Å². The molecule has 2 heterocycles. The van der Waals surface area contributed by atoms with Gasteiger partial charge in [0.05, 0.1) is 4.91 Å². The second-order valence-electron chi connectivity index (χ2n) is 6.45. The third kappa shape index (κ3) is 4.22. The van der Waals surface area contributed by atoms with Gasteiger partial charge in [-0.25, -0.2) is 4.39 Å². The Hall–Kier alpha value is -2.60. The molecule has 0 aliphatic carbocycles. The van der Waals surface area contributed by atoms with Gasteiger partial charge in [0.15, 0.2) is 5.17 Å². The van der Waals surface area contributed by atoms with Crippen molar-refractivity contribution in [2.45, 2.75) is 19.4 Å². The lowest BCUT2D eigenvalue weighted by molar-refractivity contribution is -0.113. The topological polar surface area (TPSA) is 41.9 Å². The molecule has 0 aromatic heterocycles. The highest BCUT2D eigenvalue weighted by Gasteiger charge is 2.27. The van der Waals surface area contributed by atoms with Crippen molar-refractivity contribution in [2.24, 2.45) is 4.99 Å². The summed E-state index contributed by atoms with van der Waals surface area (Å²) in [7, 11) is 0. The molecule has 0 N–H and O–H groups in total. The summed E-state index contributed by atoms with van der Waals surface area (Å²) >= 11 is 1.44. The zero-order valence-corrected chi connectivity index (χ0v) is 15.5. The van der Waals surface area contributed by atoms with E-state index in [1.165, 1.54) is 17.8 Å². The number of halogens is 1. The average molecular weight is 382 g/mol. The van der Waals surface area contributed by atoms with Gasteiger partial charge in [-0.1, -0.05) is 30.3 Å². The first kappa shape index (κ1) is 17.8. The van der Waals surface area contributed by atoms with Gasteiger partial charge >= 0.3 is 0 Å². The van der Waals surface area contributed by atoms with Crippen LogP contribution in [0.5, 0.6) is 5.75 Å². The van der Waals surface area contributed by atoms with Gasteiger partial charge in [-0.2, -0.15) is 4.99 Å². The molecule has 2 aromatic carbocycles. The number of nitrogens with zero attached hydrogens (tertiary/aromatic N) is 2. The maximum absolute atomic E-state index is 13.6. The monoisotopic (exact) mass is 382 g/mol. The second-order valence-corrected chi connectivity index (χ2v) is 7.46. The molecule has 4 nitrogen and oxygen atoms in total. The lowest BCUT2D eigenvalue weighted by Gasteiger charge is -2.14. The summed E-state index contributed by atoms with van der Waals surface area (Å²) in [4.78, 5) is 19.1. The van der Waals surface area contributed by atoms with Crippen LogP contribution in [0.2, 0.25) is 0 Å². The van der Waals surface area contributed by atoms with E-state index in [1.807, 2.05) is 30.3 Å². The summed E-state index contributed by atoms with van der Waals surface area (Å²) in [6.45, 7) is 2.12. The van der Waals surface area contributed by atoms with E-state index >= 15 is 0 Å². The van der Waals surface area contributed by atoms with Crippen molar-refractivity contribution in [1.82, 2.24) is 4.90 Å². The molecule has 27 heavy (non-hydrogen) atoms. The molecular formula is C21H19FN2O2S. The SMILES string of the molecule is O=C1N=C(N2CCCC2)S/C1=C\c1ccc(OCc2ccccc2F)cc1. The number of rotatable bonds is 4. The number of hydrogen-bond acceptors (Lipinski definition) is 4. The van der Waals surface area contributed by atoms with Crippen LogP contribution in [0.4, 0.5) is 4.39 Å². The van der Waals surface area contributed by atoms with Crippen LogP contribution in [0.15, 0.2) is 58.4 Å². The van der Waals surface area contributed by atoms with Gasteiger partial charge in [0.1, 0.15) is 18.2 Å². The second kappa shape index (κ2) is 7.96. The number of thioether (sulfide) groups is 1. The fourth-order valence-corrected chi connectivity index (χ4v) is 3.99. The van der Waals surface area contributed by atoms with E-state index in [4.69, 9.17) is 4.74 Å². The predicted molar refractivity (Wildman–Crippen MR) is 106 cm³/mol. The van der Waals surface area contributed by atoms with E-state index in [0.29, 0.717) is 16.2 Å². The Balaban J connectivity index is 1.38. The maximum Gasteiger partial charge on any atom is 0.286 e. The van der Waals surface area contributed by atoms with Crippen LogP contribution >= 0.6 is 11.8 Å². The molecular weight excluding hydrogens is 363 g/mol.